The Bertz CT molecular complexity index is 419. The molecule has 0 saturated carbocycles. The number of allylic oxidation sites excluding steroid dienone is 8. The van der Waals surface area contributed by atoms with Gasteiger partial charge in [0, 0.05) is 6.20 Å². The van der Waals surface area contributed by atoms with E-state index in [0.717, 1.165) is 17.9 Å². The van der Waals surface area contributed by atoms with Crippen LogP contribution in [0.2, 0.25) is 0 Å². The fraction of sp³-hybridized carbons (Fsp3) is 0.333. The summed E-state index contributed by atoms with van der Waals surface area (Å²) in [4.78, 5) is 0. The van der Waals surface area contributed by atoms with Crippen LogP contribution in [0.1, 0.15) is 26.2 Å². The first-order valence-corrected chi connectivity index (χ1v) is 5.88. The first-order valence-electron chi connectivity index (χ1n) is 5.88. The van der Waals surface area contributed by atoms with Gasteiger partial charge >= 0.3 is 0 Å². The van der Waals surface area contributed by atoms with Crippen molar-refractivity contribution >= 4 is 0 Å². The molecule has 1 unspecified atom stereocenters. The topological polar surface area (TPSA) is 26.0 Å². The monoisotopic (exact) mass is 213 g/mol. The Morgan fingerprint density at radius 3 is 3.00 bits per heavy atom. The predicted molar refractivity (Wildman–Crippen MR) is 69.7 cm³/mol. The molecule has 0 saturated heterocycles. The standard InChI is InChI=1S/C15H19N/c1-3-12(10-16)14-7-6-13-5-4-11(2)8-15(13)9-14/h3-4,8-10,13H,1,5-7,16H2,2H3/b12-10+. The van der Waals surface area contributed by atoms with E-state index in [9.17, 15) is 0 Å². The molecule has 1 atom stereocenters. The first kappa shape index (κ1) is 11.0. The van der Waals surface area contributed by atoms with Gasteiger partial charge in [-0.25, -0.2) is 0 Å². The maximum Gasteiger partial charge on any atom is 0.00140 e. The molecule has 0 radical (unpaired) electrons. The maximum atomic E-state index is 5.60. The van der Waals surface area contributed by atoms with Gasteiger partial charge in [-0.05, 0) is 48.8 Å². The van der Waals surface area contributed by atoms with Gasteiger partial charge in [0.15, 0.2) is 0 Å². The van der Waals surface area contributed by atoms with Crippen LogP contribution >= 0.6 is 0 Å². The molecule has 84 valence electrons. The van der Waals surface area contributed by atoms with Gasteiger partial charge in [0.2, 0.25) is 0 Å². The van der Waals surface area contributed by atoms with Crippen molar-refractivity contribution in [1.29, 1.82) is 0 Å². The lowest BCUT2D eigenvalue weighted by Gasteiger charge is -2.27. The van der Waals surface area contributed by atoms with Gasteiger partial charge in [-0.1, -0.05) is 36.5 Å². The smallest absolute Gasteiger partial charge is 0.00140 e. The quantitative estimate of drug-likeness (QED) is 0.696. The first-order chi connectivity index (χ1) is 7.74. The predicted octanol–water partition coefficient (Wildman–Crippen LogP) is 3.63. The van der Waals surface area contributed by atoms with Crippen molar-refractivity contribution in [1.82, 2.24) is 0 Å². The van der Waals surface area contributed by atoms with Gasteiger partial charge in [0.25, 0.3) is 0 Å². The largest absolute Gasteiger partial charge is 0.404 e. The summed E-state index contributed by atoms with van der Waals surface area (Å²) in [5.41, 5.74) is 10.8. The van der Waals surface area contributed by atoms with Crippen LogP contribution < -0.4 is 5.73 Å². The Hall–Kier alpha value is -1.50. The average Bonchev–Trinajstić information content (AvgIpc) is 2.30. The van der Waals surface area contributed by atoms with Crippen molar-refractivity contribution in [2.45, 2.75) is 26.2 Å². The highest BCUT2D eigenvalue weighted by molar-refractivity contribution is 5.47. The third kappa shape index (κ3) is 2.04. The van der Waals surface area contributed by atoms with Gasteiger partial charge in [-0.15, -0.1) is 0 Å². The zero-order valence-corrected chi connectivity index (χ0v) is 9.87. The molecule has 0 amide bonds. The number of nitrogens with two attached hydrogens (primary N) is 1. The summed E-state index contributed by atoms with van der Waals surface area (Å²) in [6, 6.07) is 0. The number of hydrogen-bond acceptors (Lipinski definition) is 1. The third-order valence-electron chi connectivity index (χ3n) is 3.46. The van der Waals surface area contributed by atoms with Crippen LogP contribution in [0, 0.1) is 5.92 Å². The second-order valence-corrected chi connectivity index (χ2v) is 4.56. The Balaban J connectivity index is 2.32. The number of hydrogen-bond donors (Lipinski definition) is 1. The summed E-state index contributed by atoms with van der Waals surface area (Å²) in [6.07, 6.45) is 14.0. The van der Waals surface area contributed by atoms with Gasteiger partial charge < -0.3 is 5.73 Å². The van der Waals surface area contributed by atoms with Crippen molar-refractivity contribution in [2.24, 2.45) is 11.7 Å². The minimum Gasteiger partial charge on any atom is -0.404 e. The molecular weight excluding hydrogens is 194 g/mol. The molecule has 0 bridgehead atoms. The second kappa shape index (κ2) is 4.56. The lowest BCUT2D eigenvalue weighted by molar-refractivity contribution is 0.553. The zero-order valence-electron chi connectivity index (χ0n) is 9.87. The van der Waals surface area contributed by atoms with Crippen LogP contribution in [0.15, 0.2) is 59.4 Å². The molecule has 1 nitrogen and oxygen atoms in total. The molecule has 1 heteroatoms. The van der Waals surface area contributed by atoms with E-state index in [1.807, 2.05) is 6.08 Å². The van der Waals surface area contributed by atoms with E-state index >= 15 is 0 Å². The van der Waals surface area contributed by atoms with E-state index in [-0.39, 0.29) is 0 Å². The van der Waals surface area contributed by atoms with Gasteiger partial charge in [0.1, 0.15) is 0 Å². The zero-order chi connectivity index (χ0) is 11.5. The van der Waals surface area contributed by atoms with E-state index in [1.165, 1.54) is 29.6 Å². The Kier molecular flexibility index (Phi) is 3.14. The lowest BCUT2D eigenvalue weighted by Crippen LogP contribution is -2.12. The molecule has 2 rings (SSSR count). The van der Waals surface area contributed by atoms with Crippen molar-refractivity contribution in [3.63, 3.8) is 0 Å². The minimum atomic E-state index is 0.719. The molecule has 2 N–H and O–H groups in total. The van der Waals surface area contributed by atoms with Crippen molar-refractivity contribution < 1.29 is 0 Å². The third-order valence-corrected chi connectivity index (χ3v) is 3.46. The lowest BCUT2D eigenvalue weighted by atomic mass is 9.78. The minimum absolute atomic E-state index is 0.719. The van der Waals surface area contributed by atoms with Crippen molar-refractivity contribution in [2.75, 3.05) is 0 Å². The molecule has 0 aromatic heterocycles. The molecule has 16 heavy (non-hydrogen) atoms. The van der Waals surface area contributed by atoms with Crippen LogP contribution in [0.25, 0.3) is 0 Å². The van der Waals surface area contributed by atoms with Crippen LogP contribution in [0.5, 0.6) is 0 Å². The Morgan fingerprint density at radius 1 is 1.50 bits per heavy atom. The van der Waals surface area contributed by atoms with E-state index in [4.69, 9.17) is 5.73 Å². The van der Waals surface area contributed by atoms with Crippen molar-refractivity contribution in [3.8, 4) is 0 Å². The summed E-state index contributed by atoms with van der Waals surface area (Å²) in [5, 5.41) is 0. The molecule has 0 aromatic carbocycles. The number of rotatable bonds is 2. The normalized spacial score (nSPS) is 25.2. The molecular formula is C15H19N. The summed E-state index contributed by atoms with van der Waals surface area (Å²) in [6.45, 7) is 5.97. The summed E-state index contributed by atoms with van der Waals surface area (Å²) >= 11 is 0. The van der Waals surface area contributed by atoms with Crippen LogP contribution in [0.3, 0.4) is 0 Å². The fourth-order valence-electron chi connectivity index (χ4n) is 2.48. The van der Waals surface area contributed by atoms with E-state index < -0.39 is 0 Å². The van der Waals surface area contributed by atoms with Gasteiger partial charge in [-0.2, -0.15) is 0 Å². The summed E-state index contributed by atoms with van der Waals surface area (Å²) in [7, 11) is 0. The van der Waals surface area contributed by atoms with Crippen LogP contribution in [0.4, 0.5) is 0 Å². The van der Waals surface area contributed by atoms with E-state index in [1.54, 1.807) is 6.20 Å². The summed E-state index contributed by atoms with van der Waals surface area (Å²) < 4.78 is 0. The van der Waals surface area contributed by atoms with Crippen molar-refractivity contribution in [3.05, 3.63) is 59.4 Å². The Morgan fingerprint density at radius 2 is 2.31 bits per heavy atom. The molecule has 0 aromatic rings. The highest BCUT2D eigenvalue weighted by Gasteiger charge is 2.21. The van der Waals surface area contributed by atoms with E-state index in [0.29, 0.717) is 0 Å². The van der Waals surface area contributed by atoms with Crippen LogP contribution in [-0.4, -0.2) is 0 Å². The van der Waals surface area contributed by atoms with Gasteiger partial charge in [-0.3, -0.25) is 0 Å². The maximum absolute atomic E-state index is 5.60. The Labute approximate surface area is 97.7 Å². The number of fused-ring (bicyclic) bond motifs is 1. The highest BCUT2D eigenvalue weighted by Crippen LogP contribution is 2.36. The molecule has 0 spiro atoms. The highest BCUT2D eigenvalue weighted by atomic mass is 14.5. The SMILES string of the molecule is C=C/C(=C\N)C1=CC2=CC(C)=CCC2CC1. The van der Waals surface area contributed by atoms with Gasteiger partial charge in [0.05, 0.1) is 0 Å². The fourth-order valence-corrected chi connectivity index (χ4v) is 2.48. The molecule has 0 aliphatic heterocycles. The second-order valence-electron chi connectivity index (χ2n) is 4.56. The molecule has 0 heterocycles. The summed E-state index contributed by atoms with van der Waals surface area (Å²) in [5.74, 6) is 0.719. The average molecular weight is 213 g/mol. The van der Waals surface area contributed by atoms with E-state index in [2.05, 4.69) is 31.7 Å². The molecule has 2 aliphatic rings. The van der Waals surface area contributed by atoms with Crippen LogP contribution in [-0.2, 0) is 0 Å². The molecule has 0 fully saturated rings. The molecule has 2 aliphatic carbocycles.